The quantitative estimate of drug-likeness (QED) is 0.805. The molecule has 0 aromatic carbocycles. The van der Waals surface area contributed by atoms with E-state index in [0.717, 1.165) is 18.8 Å². The molecular weight excluding hydrogens is 228 g/mol. The Bertz CT molecular complexity index is 398. The molecule has 1 aromatic heterocycles. The Labute approximate surface area is 108 Å². The number of aromatic nitrogens is 1. The summed E-state index contributed by atoms with van der Waals surface area (Å²) < 4.78 is 5.33. The van der Waals surface area contributed by atoms with Crippen molar-refractivity contribution in [2.24, 2.45) is 0 Å². The van der Waals surface area contributed by atoms with Crippen molar-refractivity contribution in [2.45, 2.75) is 25.8 Å². The van der Waals surface area contributed by atoms with Crippen molar-refractivity contribution in [1.82, 2.24) is 9.88 Å². The molecule has 1 aliphatic rings. The van der Waals surface area contributed by atoms with Gasteiger partial charge in [-0.25, -0.2) is 0 Å². The summed E-state index contributed by atoms with van der Waals surface area (Å²) in [5, 5.41) is 0. The van der Waals surface area contributed by atoms with Crippen LogP contribution in [0.2, 0.25) is 0 Å². The minimum absolute atomic E-state index is 0.211. The molecule has 1 aliphatic heterocycles. The van der Waals surface area contributed by atoms with Crippen molar-refractivity contribution < 1.29 is 9.53 Å². The smallest absolute Gasteiger partial charge is 0.158 e. The predicted molar refractivity (Wildman–Crippen MR) is 69.4 cm³/mol. The van der Waals surface area contributed by atoms with Crippen molar-refractivity contribution in [3.63, 3.8) is 0 Å². The van der Waals surface area contributed by atoms with E-state index in [1.165, 1.54) is 0 Å². The highest BCUT2D eigenvalue weighted by Crippen LogP contribution is 2.19. The maximum atomic E-state index is 12.4. The third-order valence-corrected chi connectivity index (χ3v) is 3.55. The first-order valence-corrected chi connectivity index (χ1v) is 6.37. The van der Waals surface area contributed by atoms with Gasteiger partial charge < -0.3 is 4.74 Å². The number of morpholine rings is 1. The number of carbonyl (C=O) groups excluding carboxylic acids is 1. The fourth-order valence-electron chi connectivity index (χ4n) is 2.18. The van der Waals surface area contributed by atoms with Crippen molar-refractivity contribution in [3.8, 4) is 0 Å². The third-order valence-electron chi connectivity index (χ3n) is 3.55. The zero-order valence-corrected chi connectivity index (χ0v) is 11.1. The second-order valence-electron chi connectivity index (χ2n) is 5.08. The average molecular weight is 248 g/mol. The summed E-state index contributed by atoms with van der Waals surface area (Å²) in [4.78, 5) is 18.8. The minimum atomic E-state index is -0.443. The summed E-state index contributed by atoms with van der Waals surface area (Å²) in [5.74, 6) is 0.211. The molecule has 0 N–H and O–H groups in total. The van der Waals surface area contributed by atoms with Crippen LogP contribution in [0, 0.1) is 0 Å². The van der Waals surface area contributed by atoms with Crippen LogP contribution < -0.4 is 0 Å². The van der Waals surface area contributed by atoms with Crippen LogP contribution in [0.1, 0.15) is 19.5 Å². The third kappa shape index (κ3) is 2.94. The molecule has 98 valence electrons. The SMILES string of the molecule is CC(C)(C(=O)Cc1ccccn1)N1CCOCC1. The Morgan fingerprint density at radius 2 is 2.11 bits per heavy atom. The van der Waals surface area contributed by atoms with Crippen LogP contribution in [-0.2, 0) is 16.0 Å². The minimum Gasteiger partial charge on any atom is -0.379 e. The summed E-state index contributed by atoms with van der Waals surface area (Å²) in [6, 6.07) is 5.67. The summed E-state index contributed by atoms with van der Waals surface area (Å²) in [7, 11) is 0. The molecule has 1 aromatic rings. The van der Waals surface area contributed by atoms with Crippen molar-refractivity contribution in [3.05, 3.63) is 30.1 Å². The van der Waals surface area contributed by atoms with Crippen LogP contribution in [0.5, 0.6) is 0 Å². The molecule has 0 spiro atoms. The van der Waals surface area contributed by atoms with E-state index in [2.05, 4.69) is 9.88 Å². The summed E-state index contributed by atoms with van der Waals surface area (Å²) in [5.41, 5.74) is 0.394. The van der Waals surface area contributed by atoms with Crippen molar-refractivity contribution >= 4 is 5.78 Å². The predicted octanol–water partition coefficient (Wildman–Crippen LogP) is 1.30. The van der Waals surface area contributed by atoms with Gasteiger partial charge in [0.2, 0.25) is 0 Å². The number of hydrogen-bond donors (Lipinski definition) is 0. The van der Waals surface area contributed by atoms with Crippen LogP contribution in [0.15, 0.2) is 24.4 Å². The van der Waals surface area contributed by atoms with E-state index in [1.807, 2.05) is 32.0 Å². The van der Waals surface area contributed by atoms with Gasteiger partial charge in [-0.1, -0.05) is 6.07 Å². The molecule has 18 heavy (non-hydrogen) atoms. The van der Waals surface area contributed by atoms with Crippen LogP contribution in [0.3, 0.4) is 0 Å². The van der Waals surface area contributed by atoms with E-state index in [4.69, 9.17) is 4.74 Å². The molecule has 2 heterocycles. The Hall–Kier alpha value is -1.26. The standard InChI is InChI=1S/C14H20N2O2/c1-14(2,16-7-9-18-10-8-16)13(17)11-12-5-3-4-6-15-12/h3-6H,7-11H2,1-2H3. The lowest BCUT2D eigenvalue weighted by Gasteiger charge is -2.39. The lowest BCUT2D eigenvalue weighted by atomic mass is 9.92. The largest absolute Gasteiger partial charge is 0.379 e. The van der Waals surface area contributed by atoms with Crippen LogP contribution >= 0.6 is 0 Å². The highest BCUT2D eigenvalue weighted by molar-refractivity contribution is 5.89. The van der Waals surface area contributed by atoms with Gasteiger partial charge in [-0.05, 0) is 26.0 Å². The Balaban J connectivity index is 2.02. The van der Waals surface area contributed by atoms with Gasteiger partial charge in [0, 0.05) is 25.0 Å². The number of rotatable bonds is 4. The van der Waals surface area contributed by atoms with Gasteiger partial charge in [-0.2, -0.15) is 0 Å². The lowest BCUT2D eigenvalue weighted by molar-refractivity contribution is -0.131. The molecule has 1 saturated heterocycles. The molecule has 0 saturated carbocycles. The number of ketones is 1. The zero-order valence-electron chi connectivity index (χ0n) is 11.1. The second-order valence-corrected chi connectivity index (χ2v) is 5.08. The van der Waals surface area contributed by atoms with Gasteiger partial charge in [0.05, 0.1) is 25.2 Å². The average Bonchev–Trinajstić information content (AvgIpc) is 2.41. The topological polar surface area (TPSA) is 42.4 Å². The molecule has 0 bridgehead atoms. The van der Waals surface area contributed by atoms with Gasteiger partial charge in [-0.15, -0.1) is 0 Å². The first-order valence-electron chi connectivity index (χ1n) is 6.37. The normalized spacial score (nSPS) is 17.7. The second kappa shape index (κ2) is 5.59. The van der Waals surface area contributed by atoms with Gasteiger partial charge in [-0.3, -0.25) is 14.7 Å². The van der Waals surface area contributed by atoms with E-state index in [9.17, 15) is 4.79 Å². The molecule has 0 radical (unpaired) electrons. The van der Waals surface area contributed by atoms with Crippen LogP contribution in [-0.4, -0.2) is 47.5 Å². The van der Waals surface area contributed by atoms with Gasteiger partial charge >= 0.3 is 0 Å². The highest BCUT2D eigenvalue weighted by Gasteiger charge is 2.34. The number of Topliss-reactive ketones (excluding diaryl/α,β-unsaturated/α-hetero) is 1. The van der Waals surface area contributed by atoms with E-state index in [-0.39, 0.29) is 5.78 Å². The Morgan fingerprint density at radius 3 is 2.72 bits per heavy atom. The van der Waals surface area contributed by atoms with E-state index < -0.39 is 5.54 Å². The van der Waals surface area contributed by atoms with Crippen molar-refractivity contribution in [1.29, 1.82) is 0 Å². The molecule has 2 rings (SSSR count). The summed E-state index contributed by atoms with van der Waals surface area (Å²) >= 11 is 0. The van der Waals surface area contributed by atoms with Gasteiger partial charge in [0.25, 0.3) is 0 Å². The Morgan fingerprint density at radius 1 is 1.39 bits per heavy atom. The molecule has 1 fully saturated rings. The molecule has 0 aliphatic carbocycles. The molecule has 0 atom stereocenters. The van der Waals surface area contributed by atoms with E-state index in [1.54, 1.807) is 6.20 Å². The Kier molecular flexibility index (Phi) is 4.09. The fraction of sp³-hybridized carbons (Fsp3) is 0.571. The maximum Gasteiger partial charge on any atom is 0.158 e. The zero-order chi connectivity index (χ0) is 13.0. The van der Waals surface area contributed by atoms with E-state index in [0.29, 0.717) is 19.6 Å². The summed E-state index contributed by atoms with van der Waals surface area (Å²) in [6.45, 7) is 7.04. The van der Waals surface area contributed by atoms with Crippen LogP contribution in [0.25, 0.3) is 0 Å². The lowest BCUT2D eigenvalue weighted by Crippen LogP contribution is -2.54. The molecule has 4 heteroatoms. The first-order chi connectivity index (χ1) is 8.60. The number of nitrogens with zero attached hydrogens (tertiary/aromatic N) is 2. The number of hydrogen-bond acceptors (Lipinski definition) is 4. The van der Waals surface area contributed by atoms with Gasteiger partial charge in [0.15, 0.2) is 5.78 Å². The fourth-order valence-corrected chi connectivity index (χ4v) is 2.18. The highest BCUT2D eigenvalue weighted by atomic mass is 16.5. The van der Waals surface area contributed by atoms with Crippen LogP contribution in [0.4, 0.5) is 0 Å². The first kappa shape index (κ1) is 13.2. The maximum absolute atomic E-state index is 12.4. The van der Waals surface area contributed by atoms with Crippen molar-refractivity contribution in [2.75, 3.05) is 26.3 Å². The molecule has 4 nitrogen and oxygen atoms in total. The summed E-state index contributed by atoms with van der Waals surface area (Å²) in [6.07, 6.45) is 2.12. The van der Waals surface area contributed by atoms with E-state index >= 15 is 0 Å². The molecule has 0 amide bonds. The molecule has 0 unspecified atom stereocenters. The van der Waals surface area contributed by atoms with Gasteiger partial charge in [0.1, 0.15) is 0 Å². The molecular formula is C14H20N2O2. The number of ether oxygens (including phenoxy) is 1. The number of carbonyl (C=O) groups is 1. The monoisotopic (exact) mass is 248 g/mol. The number of pyridine rings is 1.